The van der Waals surface area contributed by atoms with Crippen molar-refractivity contribution in [1.82, 2.24) is 5.32 Å². The molecule has 1 aliphatic heterocycles. The van der Waals surface area contributed by atoms with Gasteiger partial charge in [-0.25, -0.2) is 0 Å². The molecule has 0 aromatic carbocycles. The summed E-state index contributed by atoms with van der Waals surface area (Å²) < 4.78 is 11.7. The number of hydrogen-bond donors (Lipinski definition) is 4. The molecular formula is C18H35NO6. The fourth-order valence-corrected chi connectivity index (χ4v) is 3.11. The highest BCUT2D eigenvalue weighted by atomic mass is 16.7. The normalized spacial score (nSPS) is 30.9. The highest BCUT2D eigenvalue weighted by molar-refractivity contribution is 5.73. The van der Waals surface area contributed by atoms with Crippen LogP contribution in [0, 0.1) is 0 Å². The van der Waals surface area contributed by atoms with Crippen LogP contribution in [-0.4, -0.2) is 64.6 Å². The minimum Gasteiger partial charge on any atom is -0.394 e. The fraction of sp³-hybridized carbons (Fsp3) is 0.944. The van der Waals surface area contributed by atoms with Gasteiger partial charge in [-0.2, -0.15) is 0 Å². The Morgan fingerprint density at radius 3 is 2.32 bits per heavy atom. The van der Waals surface area contributed by atoms with Crippen molar-refractivity contribution in [1.29, 1.82) is 0 Å². The first-order chi connectivity index (χ1) is 11.9. The largest absolute Gasteiger partial charge is 0.394 e. The van der Waals surface area contributed by atoms with E-state index >= 15 is 0 Å². The summed E-state index contributed by atoms with van der Waals surface area (Å²) in [6.45, 7) is 5.16. The second kappa shape index (κ2) is 11.8. The molecule has 25 heavy (non-hydrogen) atoms. The van der Waals surface area contributed by atoms with Crippen LogP contribution in [0.1, 0.15) is 65.7 Å². The van der Waals surface area contributed by atoms with Gasteiger partial charge in [-0.05, 0) is 12.8 Å². The van der Waals surface area contributed by atoms with Crippen molar-refractivity contribution in [3.63, 3.8) is 0 Å². The summed E-state index contributed by atoms with van der Waals surface area (Å²) in [6.07, 6.45) is 2.66. The molecule has 0 bridgehead atoms. The summed E-state index contributed by atoms with van der Waals surface area (Å²) >= 11 is 0. The summed E-state index contributed by atoms with van der Waals surface area (Å²) in [5, 5.41) is 32.4. The average molecular weight is 361 g/mol. The molecule has 1 aliphatic rings. The molecule has 4 N–H and O–H groups in total. The van der Waals surface area contributed by atoms with Crippen molar-refractivity contribution in [2.75, 3.05) is 6.61 Å². The molecule has 1 saturated heterocycles. The molecule has 148 valence electrons. The topological polar surface area (TPSA) is 108 Å². The number of nitrogens with one attached hydrogen (secondary N) is 1. The third kappa shape index (κ3) is 7.19. The van der Waals surface area contributed by atoms with Gasteiger partial charge in [-0.15, -0.1) is 0 Å². The SMILES string of the molecule is CCCCCC(CCCC)OC1OC(CO)C(O)C(O)C1NC(C)=O. The zero-order valence-corrected chi connectivity index (χ0v) is 15.7. The Kier molecular flexibility index (Phi) is 10.5. The zero-order chi connectivity index (χ0) is 18.8. The fourth-order valence-electron chi connectivity index (χ4n) is 3.11. The minimum atomic E-state index is -1.28. The van der Waals surface area contributed by atoms with Crippen LogP contribution < -0.4 is 5.32 Å². The van der Waals surface area contributed by atoms with Gasteiger partial charge >= 0.3 is 0 Å². The maximum Gasteiger partial charge on any atom is 0.217 e. The summed E-state index contributed by atoms with van der Waals surface area (Å²) in [5.41, 5.74) is 0. The van der Waals surface area contributed by atoms with Gasteiger partial charge in [0, 0.05) is 6.92 Å². The Balaban J connectivity index is 2.81. The zero-order valence-electron chi connectivity index (χ0n) is 15.7. The lowest BCUT2D eigenvalue weighted by Crippen LogP contribution is -2.65. The van der Waals surface area contributed by atoms with E-state index in [2.05, 4.69) is 19.2 Å². The standard InChI is InChI=1S/C18H35NO6/c1-4-6-8-10-13(9-7-5-2)24-18-15(19-12(3)21)17(23)16(22)14(11-20)25-18/h13-18,20,22-23H,4-11H2,1-3H3,(H,19,21). The molecule has 0 aromatic rings. The van der Waals surface area contributed by atoms with Crippen molar-refractivity contribution in [2.45, 2.75) is 102 Å². The molecule has 1 fully saturated rings. The Labute approximate surface area is 150 Å². The Morgan fingerprint density at radius 1 is 1.12 bits per heavy atom. The van der Waals surface area contributed by atoms with Crippen molar-refractivity contribution < 1.29 is 29.6 Å². The van der Waals surface area contributed by atoms with Crippen molar-refractivity contribution in [3.8, 4) is 0 Å². The molecular weight excluding hydrogens is 326 g/mol. The molecule has 1 amide bonds. The molecule has 0 aromatic heterocycles. The number of carbonyl (C=O) groups is 1. The molecule has 6 atom stereocenters. The Hall–Kier alpha value is -0.730. The van der Waals surface area contributed by atoms with E-state index in [9.17, 15) is 20.1 Å². The number of amides is 1. The highest BCUT2D eigenvalue weighted by Crippen LogP contribution is 2.25. The van der Waals surface area contributed by atoms with E-state index < -0.39 is 37.3 Å². The van der Waals surface area contributed by atoms with E-state index in [0.717, 1.165) is 44.9 Å². The second-order valence-corrected chi connectivity index (χ2v) is 6.83. The van der Waals surface area contributed by atoms with E-state index in [0.29, 0.717) is 0 Å². The van der Waals surface area contributed by atoms with Crippen LogP contribution in [0.4, 0.5) is 0 Å². The molecule has 0 saturated carbocycles. The van der Waals surface area contributed by atoms with Gasteiger partial charge in [-0.3, -0.25) is 4.79 Å². The van der Waals surface area contributed by atoms with Gasteiger partial charge < -0.3 is 30.1 Å². The van der Waals surface area contributed by atoms with Gasteiger partial charge in [0.25, 0.3) is 0 Å². The smallest absolute Gasteiger partial charge is 0.217 e. The van der Waals surface area contributed by atoms with E-state index in [1.807, 2.05) is 0 Å². The second-order valence-electron chi connectivity index (χ2n) is 6.83. The number of aliphatic hydroxyl groups is 3. The van der Waals surface area contributed by atoms with Crippen LogP contribution in [-0.2, 0) is 14.3 Å². The molecule has 6 unspecified atom stereocenters. The maximum atomic E-state index is 11.5. The van der Waals surface area contributed by atoms with E-state index in [1.54, 1.807) is 0 Å². The Bertz CT molecular complexity index is 381. The van der Waals surface area contributed by atoms with Crippen molar-refractivity contribution >= 4 is 5.91 Å². The van der Waals surface area contributed by atoms with E-state index in [1.165, 1.54) is 6.92 Å². The van der Waals surface area contributed by atoms with Gasteiger partial charge in [0.15, 0.2) is 6.29 Å². The van der Waals surface area contributed by atoms with Crippen LogP contribution in [0.2, 0.25) is 0 Å². The molecule has 0 radical (unpaired) electrons. The quantitative estimate of drug-likeness (QED) is 0.410. The molecule has 0 aliphatic carbocycles. The van der Waals surface area contributed by atoms with Crippen LogP contribution in [0.3, 0.4) is 0 Å². The average Bonchev–Trinajstić information content (AvgIpc) is 2.58. The lowest BCUT2D eigenvalue weighted by atomic mass is 9.96. The summed E-state index contributed by atoms with van der Waals surface area (Å²) in [6, 6.07) is -0.870. The number of ether oxygens (including phenoxy) is 2. The van der Waals surface area contributed by atoms with Crippen molar-refractivity contribution in [3.05, 3.63) is 0 Å². The summed E-state index contributed by atoms with van der Waals surface area (Å²) in [5.74, 6) is -0.341. The highest BCUT2D eigenvalue weighted by Gasteiger charge is 2.45. The first kappa shape index (κ1) is 22.3. The molecule has 1 heterocycles. The third-order valence-electron chi connectivity index (χ3n) is 4.59. The van der Waals surface area contributed by atoms with Crippen LogP contribution in [0.25, 0.3) is 0 Å². The first-order valence-electron chi connectivity index (χ1n) is 9.49. The maximum absolute atomic E-state index is 11.5. The molecule has 1 rings (SSSR count). The van der Waals surface area contributed by atoms with Gasteiger partial charge in [-0.1, -0.05) is 46.0 Å². The van der Waals surface area contributed by atoms with E-state index in [4.69, 9.17) is 9.47 Å². The monoisotopic (exact) mass is 361 g/mol. The summed E-state index contributed by atoms with van der Waals surface area (Å²) in [7, 11) is 0. The van der Waals surface area contributed by atoms with Gasteiger partial charge in [0.05, 0.1) is 12.7 Å². The molecule has 7 heteroatoms. The van der Waals surface area contributed by atoms with Crippen molar-refractivity contribution in [2.24, 2.45) is 0 Å². The van der Waals surface area contributed by atoms with Gasteiger partial charge in [0.2, 0.25) is 5.91 Å². The van der Waals surface area contributed by atoms with Crippen LogP contribution in [0.5, 0.6) is 0 Å². The van der Waals surface area contributed by atoms with E-state index in [-0.39, 0.29) is 12.0 Å². The number of hydrogen-bond acceptors (Lipinski definition) is 6. The molecule has 0 spiro atoms. The minimum absolute atomic E-state index is 0.0467. The van der Waals surface area contributed by atoms with Gasteiger partial charge in [0.1, 0.15) is 24.4 Å². The Morgan fingerprint density at radius 2 is 1.76 bits per heavy atom. The summed E-state index contributed by atoms with van der Waals surface area (Å²) in [4.78, 5) is 11.5. The first-order valence-corrected chi connectivity index (χ1v) is 9.49. The number of carbonyl (C=O) groups excluding carboxylic acids is 1. The lowest BCUT2D eigenvalue weighted by Gasteiger charge is -2.43. The van der Waals surface area contributed by atoms with Crippen LogP contribution >= 0.6 is 0 Å². The molecule has 7 nitrogen and oxygen atoms in total. The predicted octanol–water partition coefficient (Wildman–Crippen LogP) is 1.09. The number of aliphatic hydroxyl groups excluding tert-OH is 3. The third-order valence-corrected chi connectivity index (χ3v) is 4.59. The lowest BCUT2D eigenvalue weighted by molar-refractivity contribution is -0.283. The number of rotatable bonds is 11. The predicted molar refractivity (Wildman–Crippen MR) is 93.9 cm³/mol. The number of unbranched alkanes of at least 4 members (excludes halogenated alkanes) is 3. The van der Waals surface area contributed by atoms with Crippen LogP contribution in [0.15, 0.2) is 0 Å².